The molecule has 0 spiro atoms. The molecule has 2 rings (SSSR count). The number of carbonyl (C=O) groups is 3. The summed E-state index contributed by atoms with van der Waals surface area (Å²) in [5, 5.41) is 5.05. The molecule has 2 N–H and O–H groups in total. The Balaban J connectivity index is 2.03. The molecule has 6 nitrogen and oxygen atoms in total. The lowest BCUT2D eigenvalue weighted by molar-refractivity contribution is -0.133. The van der Waals surface area contributed by atoms with E-state index in [2.05, 4.69) is 10.6 Å². The number of nitrogens with zero attached hydrogens (tertiary/aromatic N) is 1. The molecule has 7 heteroatoms. The maximum absolute atomic E-state index is 13.8. The first-order chi connectivity index (χ1) is 11.6. The highest BCUT2D eigenvalue weighted by molar-refractivity contribution is 6.09. The molecule has 136 valence electrons. The summed E-state index contributed by atoms with van der Waals surface area (Å²) in [7, 11) is 0. The summed E-state index contributed by atoms with van der Waals surface area (Å²) in [5.41, 5.74) is -0.257. The highest BCUT2D eigenvalue weighted by Crippen LogP contribution is 2.24. The van der Waals surface area contributed by atoms with Crippen molar-refractivity contribution in [2.24, 2.45) is 5.92 Å². The number of imide groups is 1. The van der Waals surface area contributed by atoms with Crippen LogP contribution in [0.4, 0.5) is 14.9 Å². The van der Waals surface area contributed by atoms with Crippen molar-refractivity contribution in [1.29, 1.82) is 0 Å². The van der Waals surface area contributed by atoms with Gasteiger partial charge < -0.3 is 10.6 Å². The average molecular weight is 349 g/mol. The molecule has 0 aromatic heterocycles. The lowest BCUT2D eigenvalue weighted by atomic mass is 9.92. The predicted molar refractivity (Wildman–Crippen MR) is 92.5 cm³/mol. The van der Waals surface area contributed by atoms with Crippen molar-refractivity contribution in [3.8, 4) is 0 Å². The standard InChI is InChI=1S/C18H24FN3O3/c1-11(2)7-8-18(4)16(24)22(17(25)21-18)10-15(23)20-14-6-5-12(3)9-13(14)19/h5-6,9,11H,7-8,10H2,1-4H3,(H,20,23)(H,21,25)/t18-/m0/s1. The van der Waals surface area contributed by atoms with Crippen LogP contribution < -0.4 is 10.6 Å². The quantitative estimate of drug-likeness (QED) is 0.775. The molecule has 25 heavy (non-hydrogen) atoms. The molecular formula is C18H24FN3O3. The van der Waals surface area contributed by atoms with Crippen LogP contribution in [0.1, 0.15) is 39.2 Å². The van der Waals surface area contributed by atoms with E-state index in [-0.39, 0.29) is 5.69 Å². The van der Waals surface area contributed by atoms with Crippen molar-refractivity contribution >= 4 is 23.5 Å². The second kappa shape index (κ2) is 7.21. The fraction of sp³-hybridized carbons (Fsp3) is 0.500. The molecule has 4 amide bonds. The smallest absolute Gasteiger partial charge is 0.323 e. The Morgan fingerprint density at radius 2 is 2.04 bits per heavy atom. The zero-order valence-corrected chi connectivity index (χ0v) is 15.0. The van der Waals surface area contributed by atoms with Crippen molar-refractivity contribution in [1.82, 2.24) is 10.2 Å². The molecule has 0 aliphatic carbocycles. The van der Waals surface area contributed by atoms with E-state index in [0.717, 1.165) is 16.9 Å². The molecule has 1 fully saturated rings. The number of benzene rings is 1. The summed E-state index contributed by atoms with van der Waals surface area (Å²) in [6.45, 7) is 7.01. The van der Waals surface area contributed by atoms with E-state index >= 15 is 0 Å². The first kappa shape index (κ1) is 18.9. The third-order valence-corrected chi connectivity index (χ3v) is 4.27. The topological polar surface area (TPSA) is 78.5 Å². The molecular weight excluding hydrogens is 325 g/mol. The molecule has 0 radical (unpaired) electrons. The SMILES string of the molecule is Cc1ccc(NC(=O)CN2C(=O)N[C@@](C)(CCC(C)C)C2=O)c(F)c1. The third-order valence-electron chi connectivity index (χ3n) is 4.27. The summed E-state index contributed by atoms with van der Waals surface area (Å²) in [5.74, 6) is -1.23. The average Bonchev–Trinajstić information content (AvgIpc) is 2.72. The van der Waals surface area contributed by atoms with Crippen LogP contribution in [0.5, 0.6) is 0 Å². The Morgan fingerprint density at radius 3 is 2.64 bits per heavy atom. The zero-order valence-electron chi connectivity index (χ0n) is 15.0. The van der Waals surface area contributed by atoms with E-state index in [9.17, 15) is 18.8 Å². The minimum atomic E-state index is -1.00. The second-order valence-corrected chi connectivity index (χ2v) is 7.12. The molecule has 1 aromatic carbocycles. The van der Waals surface area contributed by atoms with Crippen LogP contribution in [0.15, 0.2) is 18.2 Å². The fourth-order valence-electron chi connectivity index (χ4n) is 2.69. The number of hydrogen-bond acceptors (Lipinski definition) is 3. The first-order valence-corrected chi connectivity index (χ1v) is 8.32. The Hall–Kier alpha value is -2.44. The van der Waals surface area contributed by atoms with Crippen molar-refractivity contribution in [3.63, 3.8) is 0 Å². The number of hydrogen-bond donors (Lipinski definition) is 2. The van der Waals surface area contributed by atoms with Gasteiger partial charge in [0.15, 0.2) is 0 Å². The van der Waals surface area contributed by atoms with Gasteiger partial charge in [-0.3, -0.25) is 14.5 Å². The minimum absolute atomic E-state index is 0.0187. The van der Waals surface area contributed by atoms with Crippen LogP contribution in [0.3, 0.4) is 0 Å². The van der Waals surface area contributed by atoms with Crippen LogP contribution >= 0.6 is 0 Å². The van der Waals surface area contributed by atoms with Crippen LogP contribution in [0, 0.1) is 18.7 Å². The molecule has 0 unspecified atom stereocenters. The van der Waals surface area contributed by atoms with Crippen molar-refractivity contribution < 1.29 is 18.8 Å². The van der Waals surface area contributed by atoms with Gasteiger partial charge in [0.05, 0.1) is 5.69 Å². The van der Waals surface area contributed by atoms with Gasteiger partial charge in [-0.05, 0) is 50.3 Å². The molecule has 1 saturated heterocycles. The van der Waals surface area contributed by atoms with Crippen LogP contribution in [0.2, 0.25) is 0 Å². The minimum Gasteiger partial charge on any atom is -0.323 e. The molecule has 0 bridgehead atoms. The Bertz CT molecular complexity index is 705. The first-order valence-electron chi connectivity index (χ1n) is 8.32. The number of rotatable bonds is 6. The van der Waals surface area contributed by atoms with Crippen LogP contribution in [0.25, 0.3) is 0 Å². The van der Waals surface area contributed by atoms with Gasteiger partial charge in [0.2, 0.25) is 5.91 Å². The Labute approximate surface area is 146 Å². The van der Waals surface area contributed by atoms with Gasteiger partial charge in [-0.2, -0.15) is 0 Å². The summed E-state index contributed by atoms with van der Waals surface area (Å²) in [6.07, 6.45) is 1.27. The van der Waals surface area contributed by atoms with Crippen molar-refractivity contribution in [2.75, 3.05) is 11.9 Å². The van der Waals surface area contributed by atoms with Gasteiger partial charge in [-0.15, -0.1) is 0 Å². The summed E-state index contributed by atoms with van der Waals surface area (Å²) in [6, 6.07) is 3.80. The maximum Gasteiger partial charge on any atom is 0.325 e. The van der Waals surface area contributed by atoms with Gasteiger partial charge in [0.25, 0.3) is 5.91 Å². The molecule has 1 aliphatic rings. The van der Waals surface area contributed by atoms with E-state index < -0.39 is 35.7 Å². The van der Waals surface area contributed by atoms with Gasteiger partial charge >= 0.3 is 6.03 Å². The van der Waals surface area contributed by atoms with E-state index in [1.54, 1.807) is 19.9 Å². The molecule has 1 atom stereocenters. The van der Waals surface area contributed by atoms with E-state index in [1.165, 1.54) is 12.1 Å². The normalized spacial score (nSPS) is 20.2. The number of nitrogens with one attached hydrogen (secondary N) is 2. The highest BCUT2D eigenvalue weighted by Gasteiger charge is 2.47. The lowest BCUT2D eigenvalue weighted by Gasteiger charge is -2.22. The van der Waals surface area contributed by atoms with Gasteiger partial charge in [-0.25, -0.2) is 9.18 Å². The molecule has 1 aliphatic heterocycles. The highest BCUT2D eigenvalue weighted by atomic mass is 19.1. The van der Waals surface area contributed by atoms with Crippen molar-refractivity contribution in [2.45, 2.75) is 46.1 Å². The van der Waals surface area contributed by atoms with Crippen LogP contribution in [-0.4, -0.2) is 34.8 Å². The van der Waals surface area contributed by atoms with E-state index in [4.69, 9.17) is 0 Å². The zero-order chi connectivity index (χ0) is 18.8. The van der Waals surface area contributed by atoms with Crippen LogP contribution in [-0.2, 0) is 9.59 Å². The Morgan fingerprint density at radius 1 is 1.36 bits per heavy atom. The van der Waals surface area contributed by atoms with Gasteiger partial charge in [0, 0.05) is 0 Å². The summed E-state index contributed by atoms with van der Waals surface area (Å²) < 4.78 is 13.8. The number of anilines is 1. The van der Waals surface area contributed by atoms with Gasteiger partial charge in [0.1, 0.15) is 17.9 Å². The molecule has 0 saturated carbocycles. The molecule has 1 heterocycles. The fourth-order valence-corrected chi connectivity index (χ4v) is 2.69. The third kappa shape index (κ3) is 4.35. The van der Waals surface area contributed by atoms with E-state index in [1.807, 2.05) is 13.8 Å². The summed E-state index contributed by atoms with van der Waals surface area (Å²) >= 11 is 0. The summed E-state index contributed by atoms with van der Waals surface area (Å²) in [4.78, 5) is 37.6. The monoisotopic (exact) mass is 349 g/mol. The Kier molecular flexibility index (Phi) is 5.45. The van der Waals surface area contributed by atoms with Gasteiger partial charge in [-0.1, -0.05) is 19.9 Å². The molecule has 1 aromatic rings. The second-order valence-electron chi connectivity index (χ2n) is 7.12. The number of carbonyl (C=O) groups excluding carboxylic acids is 3. The predicted octanol–water partition coefficient (Wildman–Crippen LogP) is 2.82. The number of halogens is 1. The van der Waals surface area contributed by atoms with Crippen molar-refractivity contribution in [3.05, 3.63) is 29.6 Å². The number of aryl methyl sites for hydroxylation is 1. The lowest BCUT2D eigenvalue weighted by Crippen LogP contribution is -2.44. The largest absolute Gasteiger partial charge is 0.325 e. The van der Waals surface area contributed by atoms with E-state index in [0.29, 0.717) is 12.3 Å². The number of urea groups is 1. The maximum atomic E-state index is 13.8. The number of amides is 4.